The fourth-order valence-corrected chi connectivity index (χ4v) is 1.89. The number of hydrogen-bond donors (Lipinski definition) is 1. The average Bonchev–Trinajstić information content (AvgIpc) is 2.89. The predicted octanol–water partition coefficient (Wildman–Crippen LogP) is 2.52. The zero-order valence-electron chi connectivity index (χ0n) is 11.6. The maximum atomic E-state index is 10.4. The van der Waals surface area contributed by atoms with Gasteiger partial charge < -0.3 is 5.11 Å². The molecular formula is C14H20N4O. The number of aliphatic hydroxyl groups is 1. The van der Waals surface area contributed by atoms with E-state index in [1.807, 2.05) is 12.1 Å². The molecule has 0 aliphatic carbocycles. The molecular weight excluding hydrogens is 240 g/mol. The molecule has 0 bridgehead atoms. The van der Waals surface area contributed by atoms with Crippen LogP contribution in [0.15, 0.2) is 30.7 Å². The Morgan fingerprint density at radius 3 is 2.53 bits per heavy atom. The summed E-state index contributed by atoms with van der Waals surface area (Å²) in [5.41, 5.74) is 0.968. The van der Waals surface area contributed by atoms with Crippen molar-refractivity contribution in [1.82, 2.24) is 20.0 Å². The number of rotatable bonds is 4. The van der Waals surface area contributed by atoms with Crippen LogP contribution >= 0.6 is 0 Å². The van der Waals surface area contributed by atoms with Gasteiger partial charge in [0.05, 0.1) is 18.5 Å². The maximum absolute atomic E-state index is 10.4. The lowest BCUT2D eigenvalue weighted by Gasteiger charge is -2.21. The molecule has 0 aliphatic rings. The van der Waals surface area contributed by atoms with Crippen molar-refractivity contribution in [2.24, 2.45) is 5.41 Å². The van der Waals surface area contributed by atoms with E-state index in [1.165, 1.54) is 4.80 Å². The first-order chi connectivity index (χ1) is 8.97. The van der Waals surface area contributed by atoms with Gasteiger partial charge >= 0.3 is 0 Å². The van der Waals surface area contributed by atoms with Gasteiger partial charge in [0.1, 0.15) is 0 Å². The monoisotopic (exact) mass is 260 g/mol. The minimum Gasteiger partial charge on any atom is -0.388 e. The number of nitrogens with zero attached hydrogens (tertiary/aromatic N) is 4. The van der Waals surface area contributed by atoms with Gasteiger partial charge in [-0.3, -0.25) is 0 Å². The Balaban J connectivity index is 2.20. The first kappa shape index (κ1) is 13.7. The highest BCUT2D eigenvalue weighted by Gasteiger charge is 2.18. The molecule has 0 amide bonds. The molecule has 5 heteroatoms. The van der Waals surface area contributed by atoms with E-state index in [2.05, 4.69) is 36.0 Å². The van der Waals surface area contributed by atoms with Crippen LogP contribution < -0.4 is 0 Å². The Labute approximate surface area is 113 Å². The summed E-state index contributed by atoms with van der Waals surface area (Å²) in [6.07, 6.45) is 5.96. The van der Waals surface area contributed by atoms with E-state index >= 15 is 0 Å². The molecule has 5 nitrogen and oxygen atoms in total. The Bertz CT molecular complexity index is 516. The van der Waals surface area contributed by atoms with Crippen LogP contribution in [0.5, 0.6) is 0 Å². The summed E-state index contributed by atoms with van der Waals surface area (Å²) in [7, 11) is 0. The van der Waals surface area contributed by atoms with Gasteiger partial charge in [-0.2, -0.15) is 10.2 Å². The summed E-state index contributed by atoms with van der Waals surface area (Å²) in [5.74, 6) is 0.592. The van der Waals surface area contributed by atoms with E-state index < -0.39 is 6.10 Å². The third-order valence-electron chi connectivity index (χ3n) is 2.95. The zero-order valence-corrected chi connectivity index (χ0v) is 11.6. The Kier molecular flexibility index (Phi) is 3.95. The number of pyridine rings is 1. The highest BCUT2D eigenvalue weighted by molar-refractivity contribution is 5.33. The Morgan fingerprint density at radius 2 is 1.89 bits per heavy atom. The molecule has 1 atom stereocenters. The third-order valence-corrected chi connectivity index (χ3v) is 2.95. The van der Waals surface area contributed by atoms with Gasteiger partial charge in [0.15, 0.2) is 5.82 Å². The van der Waals surface area contributed by atoms with Gasteiger partial charge in [-0.25, -0.2) is 4.98 Å². The van der Waals surface area contributed by atoms with Crippen LogP contribution in [0.3, 0.4) is 0 Å². The molecule has 2 rings (SSSR count). The van der Waals surface area contributed by atoms with Crippen molar-refractivity contribution in [3.8, 4) is 5.82 Å². The molecule has 102 valence electrons. The smallest absolute Gasteiger partial charge is 0.180 e. The molecule has 0 saturated carbocycles. The topological polar surface area (TPSA) is 63.8 Å². The Hall–Kier alpha value is -1.75. The molecule has 1 N–H and O–H groups in total. The zero-order chi connectivity index (χ0) is 13.9. The lowest BCUT2D eigenvalue weighted by molar-refractivity contribution is 0.147. The van der Waals surface area contributed by atoms with Crippen LogP contribution in [0.4, 0.5) is 0 Å². The van der Waals surface area contributed by atoms with E-state index in [9.17, 15) is 5.11 Å². The molecule has 0 spiro atoms. The summed E-state index contributed by atoms with van der Waals surface area (Å²) in [6.45, 7) is 6.50. The van der Waals surface area contributed by atoms with Gasteiger partial charge in [-0.1, -0.05) is 26.8 Å². The van der Waals surface area contributed by atoms with Gasteiger partial charge in [-0.15, -0.1) is 4.80 Å². The van der Waals surface area contributed by atoms with Crippen molar-refractivity contribution >= 4 is 0 Å². The summed E-state index contributed by atoms with van der Waals surface area (Å²) >= 11 is 0. The molecule has 0 fully saturated rings. The minimum absolute atomic E-state index is 0.202. The molecule has 19 heavy (non-hydrogen) atoms. The molecule has 0 saturated heterocycles. The maximum Gasteiger partial charge on any atom is 0.180 e. The Morgan fingerprint density at radius 1 is 1.21 bits per heavy atom. The second-order valence-corrected chi connectivity index (χ2v) is 5.85. The van der Waals surface area contributed by atoms with E-state index in [1.54, 1.807) is 18.6 Å². The van der Waals surface area contributed by atoms with Gasteiger partial charge in [0.2, 0.25) is 0 Å². The van der Waals surface area contributed by atoms with Gasteiger partial charge in [-0.05, 0) is 24.3 Å². The van der Waals surface area contributed by atoms with Crippen LogP contribution in [-0.2, 0) is 0 Å². The van der Waals surface area contributed by atoms with Crippen LogP contribution in [0, 0.1) is 5.41 Å². The average molecular weight is 260 g/mol. The van der Waals surface area contributed by atoms with Crippen molar-refractivity contribution in [2.45, 2.75) is 39.7 Å². The fourth-order valence-electron chi connectivity index (χ4n) is 1.89. The van der Waals surface area contributed by atoms with Gasteiger partial charge in [0.25, 0.3) is 0 Å². The standard InChI is InChI=1S/C14H20N4O/c1-14(2,3)7-6-12(19)11-5-4-8-15-13(11)18-16-9-10-17-18/h4-5,8-10,12,19H,6-7H2,1-3H3/t12-/m0/s1. The summed E-state index contributed by atoms with van der Waals surface area (Å²) in [6, 6.07) is 3.70. The molecule has 0 aromatic carbocycles. The number of hydrogen-bond acceptors (Lipinski definition) is 4. The van der Waals surface area contributed by atoms with Crippen LogP contribution in [0.2, 0.25) is 0 Å². The van der Waals surface area contributed by atoms with Crippen molar-refractivity contribution < 1.29 is 5.11 Å². The van der Waals surface area contributed by atoms with Crippen molar-refractivity contribution in [3.05, 3.63) is 36.3 Å². The van der Waals surface area contributed by atoms with Crippen LogP contribution in [0.25, 0.3) is 5.82 Å². The van der Waals surface area contributed by atoms with Crippen molar-refractivity contribution in [1.29, 1.82) is 0 Å². The highest BCUT2D eigenvalue weighted by atomic mass is 16.3. The summed E-state index contributed by atoms with van der Waals surface area (Å²) in [5, 5.41) is 18.5. The van der Waals surface area contributed by atoms with E-state index in [0.717, 1.165) is 12.0 Å². The lowest BCUT2D eigenvalue weighted by Crippen LogP contribution is -2.12. The first-order valence-corrected chi connectivity index (χ1v) is 6.47. The quantitative estimate of drug-likeness (QED) is 0.917. The third kappa shape index (κ3) is 3.61. The molecule has 2 aromatic heterocycles. The fraction of sp³-hybridized carbons (Fsp3) is 0.500. The summed E-state index contributed by atoms with van der Waals surface area (Å²) in [4.78, 5) is 5.70. The second kappa shape index (κ2) is 5.48. The molecule has 0 unspecified atom stereocenters. The van der Waals surface area contributed by atoms with E-state index in [0.29, 0.717) is 12.2 Å². The SMILES string of the molecule is CC(C)(C)CC[C@H](O)c1cccnc1-n1nccn1. The second-order valence-electron chi connectivity index (χ2n) is 5.85. The largest absolute Gasteiger partial charge is 0.388 e. The summed E-state index contributed by atoms with van der Waals surface area (Å²) < 4.78 is 0. The predicted molar refractivity (Wildman–Crippen MR) is 72.8 cm³/mol. The molecule has 0 aliphatic heterocycles. The highest BCUT2D eigenvalue weighted by Crippen LogP contribution is 2.28. The van der Waals surface area contributed by atoms with Crippen molar-refractivity contribution in [3.63, 3.8) is 0 Å². The lowest BCUT2D eigenvalue weighted by atomic mass is 9.88. The van der Waals surface area contributed by atoms with Crippen LogP contribution in [-0.4, -0.2) is 25.1 Å². The van der Waals surface area contributed by atoms with E-state index in [4.69, 9.17) is 0 Å². The number of aliphatic hydroxyl groups excluding tert-OH is 1. The molecule has 2 aromatic rings. The van der Waals surface area contributed by atoms with Gasteiger partial charge in [0, 0.05) is 11.8 Å². The number of aromatic nitrogens is 4. The molecule has 0 radical (unpaired) electrons. The van der Waals surface area contributed by atoms with E-state index in [-0.39, 0.29) is 5.41 Å². The van der Waals surface area contributed by atoms with Crippen molar-refractivity contribution in [2.75, 3.05) is 0 Å². The molecule has 2 heterocycles. The normalized spacial score (nSPS) is 13.5. The first-order valence-electron chi connectivity index (χ1n) is 6.47. The van der Waals surface area contributed by atoms with Crippen LogP contribution in [0.1, 0.15) is 45.3 Å². The minimum atomic E-state index is -0.547.